The van der Waals surface area contributed by atoms with Gasteiger partial charge in [0, 0.05) is 6.07 Å². The lowest BCUT2D eigenvalue weighted by Crippen LogP contribution is -2.51. The maximum Gasteiger partial charge on any atom is 0.328 e. The average molecular weight is 282 g/mol. The van der Waals surface area contributed by atoms with E-state index in [0.717, 1.165) is 0 Å². The van der Waals surface area contributed by atoms with Crippen LogP contribution in [0.15, 0.2) is 24.3 Å². The van der Waals surface area contributed by atoms with Crippen LogP contribution < -0.4 is 10.1 Å². The number of nitro benzene ring substituents is 1. The Morgan fingerprint density at radius 3 is 2.65 bits per heavy atom. The van der Waals surface area contributed by atoms with Crippen LogP contribution in [0.2, 0.25) is 0 Å². The molecule has 0 aromatic heterocycles. The number of carbonyl (C=O) groups is 2. The maximum atomic E-state index is 11.5. The Kier molecular flexibility index (Phi) is 4.63. The average Bonchev–Trinajstić information content (AvgIpc) is 2.36. The number of non-ortho nitro benzene ring substituents is 1. The molecular weight excluding hydrogens is 268 g/mol. The Morgan fingerprint density at radius 1 is 1.45 bits per heavy atom. The molecule has 0 saturated heterocycles. The largest absolute Gasteiger partial charge is 0.484 e. The highest BCUT2D eigenvalue weighted by Crippen LogP contribution is 2.18. The van der Waals surface area contributed by atoms with E-state index in [9.17, 15) is 19.7 Å². The molecule has 0 heterocycles. The number of amides is 1. The van der Waals surface area contributed by atoms with E-state index in [1.54, 1.807) is 0 Å². The summed E-state index contributed by atoms with van der Waals surface area (Å²) in [6.45, 7) is 2.24. The van der Waals surface area contributed by atoms with E-state index in [2.05, 4.69) is 5.32 Å². The number of hydrogen-bond donors (Lipinski definition) is 2. The number of nitrogens with one attached hydrogen (secondary N) is 1. The van der Waals surface area contributed by atoms with Gasteiger partial charge in [-0.2, -0.15) is 0 Å². The third-order valence-electron chi connectivity index (χ3n) is 2.38. The normalized spacial score (nSPS) is 10.7. The highest BCUT2D eigenvalue weighted by Gasteiger charge is 2.28. The first kappa shape index (κ1) is 15.4. The molecule has 0 aliphatic carbocycles. The number of carbonyl (C=O) groups excluding carboxylic acids is 1. The number of carboxylic acids is 1. The highest BCUT2D eigenvalue weighted by molar-refractivity contribution is 5.86. The summed E-state index contributed by atoms with van der Waals surface area (Å²) < 4.78 is 5.07. The Bertz CT molecular complexity index is 541. The maximum absolute atomic E-state index is 11.5. The summed E-state index contributed by atoms with van der Waals surface area (Å²) in [6, 6.07) is 5.35. The van der Waals surface area contributed by atoms with Crippen LogP contribution >= 0.6 is 0 Å². The van der Waals surface area contributed by atoms with Gasteiger partial charge in [-0.25, -0.2) is 4.79 Å². The molecule has 8 nitrogen and oxygen atoms in total. The van der Waals surface area contributed by atoms with Crippen molar-refractivity contribution in [2.24, 2.45) is 0 Å². The predicted octanol–water partition coefficient (Wildman–Crippen LogP) is 0.953. The SMILES string of the molecule is CC(C)(NC(=O)COc1cccc([N+](=O)[O-])c1)C(=O)O. The second kappa shape index (κ2) is 6.00. The molecule has 20 heavy (non-hydrogen) atoms. The molecule has 1 amide bonds. The minimum atomic E-state index is -1.41. The van der Waals surface area contributed by atoms with Crippen molar-refractivity contribution in [3.8, 4) is 5.75 Å². The number of ether oxygens (including phenoxy) is 1. The van der Waals surface area contributed by atoms with E-state index in [1.165, 1.54) is 38.1 Å². The number of nitro groups is 1. The second-order valence-corrected chi connectivity index (χ2v) is 4.52. The van der Waals surface area contributed by atoms with Crippen LogP contribution in [0.4, 0.5) is 5.69 Å². The van der Waals surface area contributed by atoms with Gasteiger partial charge in [0.1, 0.15) is 11.3 Å². The van der Waals surface area contributed by atoms with Gasteiger partial charge < -0.3 is 15.2 Å². The first-order valence-corrected chi connectivity index (χ1v) is 5.64. The summed E-state index contributed by atoms with van der Waals surface area (Å²) in [5.41, 5.74) is -1.57. The molecule has 1 rings (SSSR count). The van der Waals surface area contributed by atoms with Crippen LogP contribution in [0.3, 0.4) is 0 Å². The van der Waals surface area contributed by atoms with Gasteiger partial charge in [-0.15, -0.1) is 0 Å². The van der Waals surface area contributed by atoms with Gasteiger partial charge in [0.05, 0.1) is 11.0 Å². The molecule has 0 radical (unpaired) electrons. The molecule has 0 spiro atoms. The molecule has 0 saturated carbocycles. The van der Waals surface area contributed by atoms with Crippen molar-refractivity contribution in [2.75, 3.05) is 6.61 Å². The number of nitrogens with zero attached hydrogens (tertiary/aromatic N) is 1. The third kappa shape index (κ3) is 4.23. The number of aliphatic carboxylic acids is 1. The molecule has 0 bridgehead atoms. The third-order valence-corrected chi connectivity index (χ3v) is 2.38. The predicted molar refractivity (Wildman–Crippen MR) is 68.4 cm³/mol. The van der Waals surface area contributed by atoms with Crippen molar-refractivity contribution in [1.29, 1.82) is 0 Å². The molecule has 0 fully saturated rings. The number of rotatable bonds is 6. The van der Waals surface area contributed by atoms with Crippen molar-refractivity contribution in [1.82, 2.24) is 5.32 Å². The van der Waals surface area contributed by atoms with Crippen LogP contribution in [-0.4, -0.2) is 34.1 Å². The zero-order valence-electron chi connectivity index (χ0n) is 11.0. The molecule has 0 unspecified atom stereocenters. The fourth-order valence-corrected chi connectivity index (χ4v) is 1.27. The van der Waals surface area contributed by atoms with Crippen molar-refractivity contribution in [3.05, 3.63) is 34.4 Å². The zero-order chi connectivity index (χ0) is 15.3. The van der Waals surface area contributed by atoms with Gasteiger partial charge in [0.25, 0.3) is 11.6 Å². The van der Waals surface area contributed by atoms with Crippen LogP contribution in [0.1, 0.15) is 13.8 Å². The van der Waals surface area contributed by atoms with E-state index in [1.807, 2.05) is 0 Å². The summed E-state index contributed by atoms with van der Waals surface area (Å²) in [5, 5.41) is 21.7. The van der Waals surface area contributed by atoms with Crippen LogP contribution in [0.25, 0.3) is 0 Å². The van der Waals surface area contributed by atoms with Crippen LogP contribution in [-0.2, 0) is 9.59 Å². The standard InChI is InChI=1S/C12H14N2O6/c1-12(2,11(16)17)13-10(15)7-20-9-5-3-4-8(6-9)14(18)19/h3-6H,7H2,1-2H3,(H,13,15)(H,16,17). The van der Waals surface area contributed by atoms with Gasteiger partial charge >= 0.3 is 5.97 Å². The molecule has 108 valence electrons. The molecular formula is C12H14N2O6. The van der Waals surface area contributed by atoms with E-state index in [4.69, 9.17) is 9.84 Å². The highest BCUT2D eigenvalue weighted by atomic mass is 16.6. The van der Waals surface area contributed by atoms with Gasteiger partial charge in [-0.1, -0.05) is 6.07 Å². The Hall–Kier alpha value is -2.64. The lowest BCUT2D eigenvalue weighted by atomic mass is 10.1. The summed E-state index contributed by atoms with van der Waals surface area (Å²) in [7, 11) is 0. The fourth-order valence-electron chi connectivity index (χ4n) is 1.27. The van der Waals surface area contributed by atoms with E-state index in [0.29, 0.717) is 0 Å². The molecule has 1 aromatic rings. The summed E-state index contributed by atoms with van der Waals surface area (Å²) in [4.78, 5) is 32.3. The summed E-state index contributed by atoms with van der Waals surface area (Å²) >= 11 is 0. The minimum Gasteiger partial charge on any atom is -0.484 e. The molecule has 0 atom stereocenters. The Labute approximate surface area is 114 Å². The van der Waals surface area contributed by atoms with Crippen molar-refractivity contribution in [3.63, 3.8) is 0 Å². The number of hydrogen-bond acceptors (Lipinski definition) is 5. The summed E-state index contributed by atoms with van der Waals surface area (Å²) in [5.74, 6) is -1.66. The number of benzene rings is 1. The van der Waals surface area contributed by atoms with E-state index < -0.39 is 28.9 Å². The zero-order valence-corrected chi connectivity index (χ0v) is 11.0. The second-order valence-electron chi connectivity index (χ2n) is 4.52. The van der Waals surface area contributed by atoms with Gasteiger partial charge in [0.15, 0.2) is 6.61 Å². The van der Waals surface area contributed by atoms with Gasteiger partial charge in [-0.3, -0.25) is 14.9 Å². The van der Waals surface area contributed by atoms with Crippen LogP contribution in [0, 0.1) is 10.1 Å². The minimum absolute atomic E-state index is 0.155. The lowest BCUT2D eigenvalue weighted by molar-refractivity contribution is -0.384. The topological polar surface area (TPSA) is 119 Å². The molecule has 1 aromatic carbocycles. The molecule has 0 aliphatic heterocycles. The summed E-state index contributed by atoms with van der Waals surface area (Å²) in [6.07, 6.45) is 0. The van der Waals surface area contributed by atoms with Gasteiger partial charge in [0.2, 0.25) is 0 Å². The number of carboxylic acid groups (broad SMARTS) is 1. The fraction of sp³-hybridized carbons (Fsp3) is 0.333. The molecule has 0 aliphatic rings. The quantitative estimate of drug-likeness (QED) is 0.592. The first-order chi connectivity index (χ1) is 9.22. The van der Waals surface area contributed by atoms with E-state index >= 15 is 0 Å². The van der Waals surface area contributed by atoms with Crippen molar-refractivity contribution < 1.29 is 24.4 Å². The van der Waals surface area contributed by atoms with E-state index in [-0.39, 0.29) is 11.4 Å². The monoisotopic (exact) mass is 282 g/mol. The van der Waals surface area contributed by atoms with Crippen LogP contribution in [0.5, 0.6) is 5.75 Å². The Morgan fingerprint density at radius 2 is 2.10 bits per heavy atom. The smallest absolute Gasteiger partial charge is 0.328 e. The Balaban J connectivity index is 2.59. The molecule has 8 heteroatoms. The van der Waals surface area contributed by atoms with Crippen molar-refractivity contribution >= 4 is 17.6 Å². The lowest BCUT2D eigenvalue weighted by Gasteiger charge is -2.20. The van der Waals surface area contributed by atoms with Gasteiger partial charge in [-0.05, 0) is 19.9 Å². The first-order valence-electron chi connectivity index (χ1n) is 5.64. The molecule has 2 N–H and O–H groups in total. The van der Waals surface area contributed by atoms with Crippen molar-refractivity contribution in [2.45, 2.75) is 19.4 Å².